The van der Waals surface area contributed by atoms with Crippen LogP contribution in [0.2, 0.25) is 0 Å². The Kier molecular flexibility index (Phi) is 9.18. The predicted octanol–water partition coefficient (Wildman–Crippen LogP) is 3.28. The summed E-state index contributed by atoms with van der Waals surface area (Å²) in [5.74, 6) is 0.776. The van der Waals surface area contributed by atoms with Gasteiger partial charge in [-0.25, -0.2) is 9.78 Å². The summed E-state index contributed by atoms with van der Waals surface area (Å²) in [5.41, 5.74) is -0.746. The summed E-state index contributed by atoms with van der Waals surface area (Å²) in [5, 5.41) is 14.1. The second-order valence-corrected chi connectivity index (χ2v) is 12.2. The molecule has 2 unspecified atom stereocenters. The number of nitrogens with one attached hydrogen (secondary N) is 1. The van der Waals surface area contributed by atoms with E-state index in [1.807, 2.05) is 60.9 Å². The van der Waals surface area contributed by atoms with Gasteiger partial charge in [0.2, 0.25) is 5.91 Å². The molecule has 2 N–H and O–H groups in total. The number of rotatable bonds is 8. The van der Waals surface area contributed by atoms with Gasteiger partial charge in [-0.1, -0.05) is 37.3 Å². The Balaban J connectivity index is 1.30. The topological polar surface area (TPSA) is 117 Å². The lowest BCUT2D eigenvalue weighted by Gasteiger charge is -2.38. The van der Waals surface area contributed by atoms with Crippen molar-refractivity contribution in [2.75, 3.05) is 31.1 Å². The fraction of sp³-hybridized carbons (Fsp3) is 0.600. The third kappa shape index (κ3) is 7.84. The van der Waals surface area contributed by atoms with Crippen molar-refractivity contribution in [3.8, 4) is 0 Å². The maximum atomic E-state index is 13.0. The van der Waals surface area contributed by atoms with Gasteiger partial charge < -0.3 is 25.0 Å². The minimum atomic E-state index is -1.08. The van der Waals surface area contributed by atoms with Gasteiger partial charge in [0, 0.05) is 44.7 Å². The van der Waals surface area contributed by atoms with Crippen LogP contribution < -0.4 is 15.8 Å². The minimum Gasteiger partial charge on any atom is -0.444 e. The highest BCUT2D eigenvalue weighted by molar-refractivity contribution is 5.77. The van der Waals surface area contributed by atoms with Gasteiger partial charge in [-0.05, 0) is 57.9 Å². The van der Waals surface area contributed by atoms with Crippen LogP contribution in [0.5, 0.6) is 0 Å². The number of nitrogens with zero attached hydrogens (tertiary/aromatic N) is 4. The molecule has 2 atom stereocenters. The molecule has 2 aromatic rings. The Morgan fingerprint density at radius 3 is 2.52 bits per heavy atom. The van der Waals surface area contributed by atoms with Crippen LogP contribution in [0.3, 0.4) is 0 Å². The first-order chi connectivity index (χ1) is 18.9. The van der Waals surface area contributed by atoms with E-state index in [0.717, 1.165) is 24.9 Å². The monoisotopic (exact) mass is 553 g/mol. The molecule has 1 aromatic carbocycles. The molecule has 0 spiro atoms. The van der Waals surface area contributed by atoms with Crippen molar-refractivity contribution < 1.29 is 19.4 Å². The second kappa shape index (κ2) is 12.4. The first kappa shape index (κ1) is 29.6. The van der Waals surface area contributed by atoms with E-state index in [-0.39, 0.29) is 30.0 Å². The molecule has 4 rings (SSSR count). The maximum absolute atomic E-state index is 13.0. The van der Waals surface area contributed by atoms with Gasteiger partial charge in [0.25, 0.3) is 5.56 Å². The normalized spacial score (nSPS) is 19.8. The van der Waals surface area contributed by atoms with Crippen LogP contribution >= 0.6 is 0 Å². The number of likely N-dealkylation sites (tertiary alicyclic amines) is 1. The molecule has 2 fully saturated rings. The summed E-state index contributed by atoms with van der Waals surface area (Å²) in [6.07, 6.45) is 4.07. The SMILES string of the molecule is CC(CC(=O)N1CCC(O)(Cn2cnc(N3CCCC3CNC(=O)OC(C)(C)C)cc2=O)CC1)c1ccccc1. The molecule has 2 amide bonds. The van der Waals surface area contributed by atoms with Crippen LogP contribution in [-0.2, 0) is 16.1 Å². The Morgan fingerprint density at radius 1 is 1.18 bits per heavy atom. The number of piperidine rings is 1. The molecule has 2 saturated heterocycles. The first-order valence-electron chi connectivity index (χ1n) is 14.3. The van der Waals surface area contributed by atoms with Crippen LogP contribution in [0.1, 0.15) is 71.3 Å². The van der Waals surface area contributed by atoms with Gasteiger partial charge in [0.1, 0.15) is 11.4 Å². The molecule has 2 aliphatic rings. The van der Waals surface area contributed by atoms with Crippen molar-refractivity contribution in [2.24, 2.45) is 0 Å². The number of alkyl carbamates (subject to hydrolysis) is 1. The third-order valence-electron chi connectivity index (χ3n) is 7.78. The van der Waals surface area contributed by atoms with Crippen molar-refractivity contribution >= 4 is 17.8 Å². The van der Waals surface area contributed by atoms with E-state index >= 15 is 0 Å². The molecule has 0 radical (unpaired) electrons. The zero-order valence-corrected chi connectivity index (χ0v) is 24.1. The van der Waals surface area contributed by atoms with Crippen molar-refractivity contribution in [3.63, 3.8) is 0 Å². The molecular formula is C30H43N5O5. The lowest BCUT2D eigenvalue weighted by molar-refractivity contribution is -0.136. The number of carbonyl (C=O) groups excluding carboxylic acids is 2. The molecule has 10 nitrogen and oxygen atoms in total. The number of aromatic nitrogens is 2. The van der Waals surface area contributed by atoms with Crippen LogP contribution in [0.4, 0.5) is 10.6 Å². The van der Waals surface area contributed by atoms with Crippen molar-refractivity contribution in [1.29, 1.82) is 0 Å². The Labute approximate surface area is 236 Å². The van der Waals surface area contributed by atoms with Crippen molar-refractivity contribution in [3.05, 3.63) is 58.6 Å². The van der Waals surface area contributed by atoms with Crippen LogP contribution in [0, 0.1) is 0 Å². The average molecular weight is 554 g/mol. The molecule has 40 heavy (non-hydrogen) atoms. The highest BCUT2D eigenvalue weighted by atomic mass is 16.6. The molecule has 3 heterocycles. The van der Waals surface area contributed by atoms with Gasteiger partial charge in [-0.15, -0.1) is 0 Å². The lowest BCUT2D eigenvalue weighted by atomic mass is 9.90. The second-order valence-electron chi connectivity index (χ2n) is 12.2. The average Bonchev–Trinajstić information content (AvgIpc) is 3.37. The number of hydrogen-bond acceptors (Lipinski definition) is 7. The standard InChI is InChI=1S/C30H43N5O5/c1-22(23-9-6-5-7-10-23)17-26(36)33-15-12-30(39,13-16-33)20-34-21-32-25(18-27(34)37)35-14-8-11-24(35)19-31-28(38)40-29(2,3)4/h5-7,9-10,18,21-22,24,39H,8,11-17,19-20H2,1-4H3,(H,31,38). The number of ether oxygens (including phenoxy) is 1. The Morgan fingerprint density at radius 2 is 1.88 bits per heavy atom. The lowest BCUT2D eigenvalue weighted by Crippen LogP contribution is -2.50. The first-order valence-corrected chi connectivity index (χ1v) is 14.3. The predicted molar refractivity (Wildman–Crippen MR) is 153 cm³/mol. The Hall–Kier alpha value is -3.40. The molecule has 0 aliphatic carbocycles. The summed E-state index contributed by atoms with van der Waals surface area (Å²) < 4.78 is 6.77. The van der Waals surface area contributed by atoms with Gasteiger partial charge in [-0.2, -0.15) is 0 Å². The molecular weight excluding hydrogens is 510 g/mol. The molecule has 0 saturated carbocycles. The zero-order valence-electron chi connectivity index (χ0n) is 24.1. The van der Waals surface area contributed by atoms with Crippen LogP contribution in [-0.4, -0.2) is 75.0 Å². The highest BCUT2D eigenvalue weighted by Crippen LogP contribution is 2.27. The van der Waals surface area contributed by atoms with E-state index in [1.165, 1.54) is 17.0 Å². The van der Waals surface area contributed by atoms with E-state index in [9.17, 15) is 19.5 Å². The van der Waals surface area contributed by atoms with Gasteiger partial charge in [0.05, 0.1) is 18.5 Å². The molecule has 10 heteroatoms. The van der Waals surface area contributed by atoms with E-state index in [0.29, 0.717) is 44.7 Å². The number of aliphatic hydroxyl groups is 1. The minimum absolute atomic E-state index is 0.0194. The van der Waals surface area contributed by atoms with E-state index in [1.54, 1.807) is 0 Å². The quantitative estimate of drug-likeness (QED) is 0.515. The van der Waals surface area contributed by atoms with Crippen LogP contribution in [0.15, 0.2) is 47.5 Å². The van der Waals surface area contributed by atoms with Gasteiger partial charge >= 0.3 is 6.09 Å². The van der Waals surface area contributed by atoms with Crippen LogP contribution in [0.25, 0.3) is 0 Å². The molecule has 1 aromatic heterocycles. The fourth-order valence-electron chi connectivity index (χ4n) is 5.50. The van der Waals surface area contributed by atoms with E-state index in [4.69, 9.17) is 4.74 Å². The van der Waals surface area contributed by atoms with Crippen molar-refractivity contribution in [1.82, 2.24) is 19.8 Å². The van der Waals surface area contributed by atoms with E-state index < -0.39 is 17.3 Å². The summed E-state index contributed by atoms with van der Waals surface area (Å²) in [4.78, 5) is 46.3. The van der Waals surface area contributed by atoms with E-state index in [2.05, 4.69) is 17.2 Å². The summed E-state index contributed by atoms with van der Waals surface area (Å²) >= 11 is 0. The molecule has 2 aliphatic heterocycles. The molecule has 218 valence electrons. The van der Waals surface area contributed by atoms with Gasteiger partial charge in [0.15, 0.2) is 0 Å². The summed E-state index contributed by atoms with van der Waals surface area (Å²) in [7, 11) is 0. The zero-order chi connectivity index (χ0) is 28.9. The van der Waals surface area contributed by atoms with Crippen molar-refractivity contribution in [2.45, 2.75) is 89.5 Å². The largest absolute Gasteiger partial charge is 0.444 e. The smallest absolute Gasteiger partial charge is 0.407 e. The van der Waals surface area contributed by atoms with Gasteiger partial charge in [-0.3, -0.25) is 14.2 Å². The number of amides is 2. The summed E-state index contributed by atoms with van der Waals surface area (Å²) in [6.45, 7) is 9.70. The third-order valence-corrected chi connectivity index (χ3v) is 7.78. The summed E-state index contributed by atoms with van der Waals surface area (Å²) in [6, 6.07) is 11.5. The number of hydrogen-bond donors (Lipinski definition) is 2. The molecule has 0 bridgehead atoms. The number of carbonyl (C=O) groups is 2. The Bertz CT molecular complexity index is 1220. The fourth-order valence-corrected chi connectivity index (χ4v) is 5.50. The number of benzene rings is 1. The maximum Gasteiger partial charge on any atom is 0.407 e. The number of anilines is 1. The highest BCUT2D eigenvalue weighted by Gasteiger charge is 2.35.